The van der Waals surface area contributed by atoms with Gasteiger partial charge in [-0.3, -0.25) is 4.79 Å². The molecule has 3 rings (SSSR count). The molecule has 0 aliphatic carbocycles. The fourth-order valence-corrected chi connectivity index (χ4v) is 2.74. The zero-order valence-corrected chi connectivity index (χ0v) is 14.2. The van der Waals surface area contributed by atoms with Crippen molar-refractivity contribution in [3.05, 3.63) is 53.5 Å². The molecule has 0 aliphatic rings. The minimum Gasteiger partial charge on any atom is -0.466 e. The Bertz CT molecular complexity index is 950. The van der Waals surface area contributed by atoms with E-state index in [4.69, 9.17) is 4.74 Å². The average molecular weight is 363 g/mol. The number of rotatable bonds is 4. The summed E-state index contributed by atoms with van der Waals surface area (Å²) in [4.78, 5) is 15.9. The zero-order valence-electron chi connectivity index (χ0n) is 14.2. The van der Waals surface area contributed by atoms with Gasteiger partial charge in [0.1, 0.15) is 0 Å². The lowest BCUT2D eigenvalue weighted by Gasteiger charge is -2.07. The third-order valence-electron chi connectivity index (χ3n) is 3.96. The van der Waals surface area contributed by atoms with Crippen LogP contribution in [0.15, 0.2) is 36.5 Å². The summed E-state index contributed by atoms with van der Waals surface area (Å²) in [6, 6.07) is 8.19. The highest BCUT2D eigenvalue weighted by Gasteiger charge is 2.39. The van der Waals surface area contributed by atoms with Gasteiger partial charge in [0.2, 0.25) is 0 Å². The molecule has 0 fully saturated rings. The topological polar surface area (TPSA) is 56.5 Å². The quantitative estimate of drug-likeness (QED) is 0.661. The Balaban J connectivity index is 2.20. The number of benzene rings is 1. The summed E-state index contributed by atoms with van der Waals surface area (Å²) in [5.41, 5.74) is 0.257. The Hall–Kier alpha value is -2.90. The molecule has 0 radical (unpaired) electrons. The van der Waals surface area contributed by atoms with E-state index in [0.29, 0.717) is 16.8 Å². The smallest absolute Gasteiger partial charge is 0.435 e. The van der Waals surface area contributed by atoms with Crippen molar-refractivity contribution in [3.8, 4) is 11.1 Å². The summed E-state index contributed by atoms with van der Waals surface area (Å²) in [5, 5.41) is 3.75. The average Bonchev–Trinajstić information content (AvgIpc) is 2.99. The molecule has 136 valence electrons. The molecule has 2 aromatic heterocycles. The molecule has 0 saturated carbocycles. The Morgan fingerprint density at radius 3 is 2.54 bits per heavy atom. The number of aromatic nitrogens is 3. The molecule has 0 aliphatic heterocycles. The van der Waals surface area contributed by atoms with Crippen LogP contribution in [0, 0.1) is 6.92 Å². The highest BCUT2D eigenvalue weighted by Crippen LogP contribution is 2.38. The fourth-order valence-electron chi connectivity index (χ4n) is 2.74. The number of esters is 1. The van der Waals surface area contributed by atoms with E-state index < -0.39 is 17.8 Å². The van der Waals surface area contributed by atoms with Crippen LogP contribution in [0.3, 0.4) is 0 Å². The van der Waals surface area contributed by atoms with Crippen molar-refractivity contribution >= 4 is 11.6 Å². The van der Waals surface area contributed by atoms with Gasteiger partial charge < -0.3 is 4.74 Å². The van der Waals surface area contributed by atoms with Crippen molar-refractivity contribution in [3.63, 3.8) is 0 Å². The van der Waals surface area contributed by atoms with Crippen molar-refractivity contribution in [1.82, 2.24) is 14.6 Å². The predicted molar refractivity (Wildman–Crippen MR) is 88.5 cm³/mol. The lowest BCUT2D eigenvalue weighted by Crippen LogP contribution is -2.11. The van der Waals surface area contributed by atoms with Crippen LogP contribution in [0.1, 0.15) is 23.9 Å². The van der Waals surface area contributed by atoms with Gasteiger partial charge in [-0.25, -0.2) is 9.50 Å². The summed E-state index contributed by atoms with van der Waals surface area (Å²) in [6.45, 7) is 3.51. The van der Waals surface area contributed by atoms with Crippen molar-refractivity contribution in [2.45, 2.75) is 26.4 Å². The summed E-state index contributed by atoms with van der Waals surface area (Å²) in [5.74, 6) is -0.469. The van der Waals surface area contributed by atoms with Gasteiger partial charge in [0.05, 0.1) is 18.6 Å². The van der Waals surface area contributed by atoms with Crippen molar-refractivity contribution < 1.29 is 22.7 Å². The second kappa shape index (κ2) is 6.78. The third-order valence-corrected chi connectivity index (χ3v) is 3.96. The van der Waals surface area contributed by atoms with Gasteiger partial charge in [0.15, 0.2) is 11.3 Å². The number of hydrogen-bond donors (Lipinski definition) is 0. The molecular formula is C18H16F3N3O2. The summed E-state index contributed by atoms with van der Waals surface area (Å²) in [6.07, 6.45) is -3.31. The SMILES string of the molecule is CCOC(=O)Cc1cnc2c(-c3ccccc3)c(C(F)(F)F)nn2c1C. The number of carbonyl (C=O) groups excluding carboxylic acids is 1. The highest BCUT2D eigenvalue weighted by atomic mass is 19.4. The van der Waals surface area contributed by atoms with E-state index in [1.807, 2.05) is 0 Å². The summed E-state index contributed by atoms with van der Waals surface area (Å²) in [7, 11) is 0. The largest absolute Gasteiger partial charge is 0.466 e. The zero-order chi connectivity index (χ0) is 18.9. The summed E-state index contributed by atoms with van der Waals surface area (Å²) >= 11 is 0. The van der Waals surface area contributed by atoms with Crippen LogP contribution in [0.25, 0.3) is 16.8 Å². The summed E-state index contributed by atoms with van der Waals surface area (Å²) < 4.78 is 46.6. The number of hydrogen-bond acceptors (Lipinski definition) is 4. The van der Waals surface area contributed by atoms with Gasteiger partial charge in [-0.1, -0.05) is 30.3 Å². The number of nitrogens with zero attached hydrogens (tertiary/aromatic N) is 3. The number of aryl methyl sites for hydroxylation is 1. The van der Waals surface area contributed by atoms with E-state index in [-0.39, 0.29) is 24.2 Å². The fraction of sp³-hybridized carbons (Fsp3) is 0.278. The monoisotopic (exact) mass is 363 g/mol. The van der Waals surface area contributed by atoms with Gasteiger partial charge in [0.25, 0.3) is 0 Å². The van der Waals surface area contributed by atoms with Crippen LogP contribution >= 0.6 is 0 Å². The van der Waals surface area contributed by atoms with Crippen LogP contribution in [0.2, 0.25) is 0 Å². The number of halogens is 3. The van der Waals surface area contributed by atoms with Crippen LogP contribution in [-0.4, -0.2) is 27.2 Å². The van der Waals surface area contributed by atoms with Crippen molar-refractivity contribution in [2.24, 2.45) is 0 Å². The molecule has 0 N–H and O–H groups in total. The molecule has 0 saturated heterocycles. The molecule has 0 bridgehead atoms. The van der Waals surface area contributed by atoms with Gasteiger partial charge in [0, 0.05) is 17.5 Å². The van der Waals surface area contributed by atoms with Gasteiger partial charge in [-0.15, -0.1) is 0 Å². The molecule has 26 heavy (non-hydrogen) atoms. The molecule has 0 unspecified atom stereocenters. The first kappa shape index (κ1) is 17.9. The van der Waals surface area contributed by atoms with E-state index in [9.17, 15) is 18.0 Å². The maximum absolute atomic E-state index is 13.5. The molecule has 2 heterocycles. The van der Waals surface area contributed by atoms with E-state index in [2.05, 4.69) is 10.1 Å². The van der Waals surface area contributed by atoms with Gasteiger partial charge >= 0.3 is 12.1 Å². The van der Waals surface area contributed by atoms with E-state index in [1.54, 1.807) is 44.2 Å². The minimum atomic E-state index is -4.63. The molecule has 0 spiro atoms. The first-order valence-corrected chi connectivity index (χ1v) is 7.98. The molecule has 5 nitrogen and oxygen atoms in total. The Labute approximate surface area is 147 Å². The number of carbonyl (C=O) groups is 1. The second-order valence-electron chi connectivity index (χ2n) is 5.67. The van der Waals surface area contributed by atoms with Crippen LogP contribution < -0.4 is 0 Å². The first-order valence-electron chi connectivity index (χ1n) is 7.98. The highest BCUT2D eigenvalue weighted by molar-refractivity contribution is 5.81. The number of fused-ring (bicyclic) bond motifs is 1. The first-order chi connectivity index (χ1) is 12.3. The lowest BCUT2D eigenvalue weighted by atomic mass is 10.1. The molecular weight excluding hydrogens is 347 g/mol. The van der Waals surface area contributed by atoms with Gasteiger partial charge in [-0.05, 0) is 19.4 Å². The normalized spacial score (nSPS) is 11.7. The Morgan fingerprint density at radius 2 is 1.92 bits per heavy atom. The minimum absolute atomic E-state index is 0.0789. The molecule has 0 amide bonds. The molecule has 8 heteroatoms. The molecule has 3 aromatic rings. The number of alkyl halides is 3. The molecule has 1 aromatic carbocycles. The Kier molecular flexibility index (Phi) is 4.67. The van der Waals surface area contributed by atoms with Gasteiger partial charge in [-0.2, -0.15) is 18.3 Å². The predicted octanol–water partition coefficient (Wildman–Crippen LogP) is 3.83. The Morgan fingerprint density at radius 1 is 1.23 bits per heavy atom. The third kappa shape index (κ3) is 3.26. The van der Waals surface area contributed by atoms with E-state index in [1.165, 1.54) is 6.20 Å². The van der Waals surface area contributed by atoms with Crippen LogP contribution in [0.4, 0.5) is 13.2 Å². The van der Waals surface area contributed by atoms with Crippen molar-refractivity contribution in [2.75, 3.05) is 6.61 Å². The van der Waals surface area contributed by atoms with E-state index in [0.717, 1.165) is 4.52 Å². The maximum atomic E-state index is 13.5. The standard InChI is InChI=1S/C18H16F3N3O2/c1-3-26-14(25)9-13-10-22-17-15(12-7-5-4-6-8-12)16(18(19,20)21)23-24(17)11(13)2/h4-8,10H,3,9H2,1-2H3. The van der Waals surface area contributed by atoms with Crippen LogP contribution in [-0.2, 0) is 22.1 Å². The number of ether oxygens (including phenoxy) is 1. The molecule has 0 atom stereocenters. The lowest BCUT2D eigenvalue weighted by molar-refractivity contribution is -0.142. The second-order valence-corrected chi connectivity index (χ2v) is 5.67. The maximum Gasteiger partial charge on any atom is 0.435 e. The van der Waals surface area contributed by atoms with Crippen molar-refractivity contribution in [1.29, 1.82) is 0 Å². The van der Waals surface area contributed by atoms with E-state index >= 15 is 0 Å². The van der Waals surface area contributed by atoms with Crippen LogP contribution in [0.5, 0.6) is 0 Å².